The van der Waals surface area contributed by atoms with Gasteiger partial charge in [-0.15, -0.1) is 0 Å². The molecule has 10 heavy (non-hydrogen) atoms. The number of hydrogen-bond donors (Lipinski definition) is 1. The molecule has 60 valence electrons. The Morgan fingerprint density at radius 2 is 2.20 bits per heavy atom. The summed E-state index contributed by atoms with van der Waals surface area (Å²) in [4.78, 5) is 0. The lowest BCUT2D eigenvalue weighted by Crippen LogP contribution is -2.54. The molecule has 2 nitrogen and oxygen atoms in total. The second kappa shape index (κ2) is 2.51. The third-order valence-electron chi connectivity index (χ3n) is 2.49. The van der Waals surface area contributed by atoms with Crippen LogP contribution in [-0.4, -0.2) is 23.9 Å². The second-order valence-electron chi connectivity index (χ2n) is 3.52. The van der Waals surface area contributed by atoms with Crippen LogP contribution in [0.2, 0.25) is 0 Å². The standard InChI is InChI=1S/C8H16O2/c1-4-10-7-5-6(9)8(7,2)3/h6-7,9H,4-5H2,1-3H3. The molecule has 0 bridgehead atoms. The summed E-state index contributed by atoms with van der Waals surface area (Å²) in [7, 11) is 0. The Morgan fingerprint density at radius 1 is 1.60 bits per heavy atom. The predicted octanol–water partition coefficient (Wildman–Crippen LogP) is 1.18. The lowest BCUT2D eigenvalue weighted by atomic mass is 9.66. The summed E-state index contributed by atoms with van der Waals surface area (Å²) >= 11 is 0. The lowest BCUT2D eigenvalue weighted by molar-refractivity contribution is -0.172. The van der Waals surface area contributed by atoms with E-state index in [0.29, 0.717) is 0 Å². The SMILES string of the molecule is CCOC1CC(O)C1(C)C. The third kappa shape index (κ3) is 1.06. The first-order valence-electron chi connectivity index (χ1n) is 3.88. The van der Waals surface area contributed by atoms with E-state index in [1.807, 2.05) is 20.8 Å². The Hall–Kier alpha value is -0.0800. The van der Waals surface area contributed by atoms with Gasteiger partial charge < -0.3 is 9.84 Å². The van der Waals surface area contributed by atoms with E-state index in [0.717, 1.165) is 13.0 Å². The Kier molecular flexibility index (Phi) is 2.02. The van der Waals surface area contributed by atoms with Gasteiger partial charge in [0.1, 0.15) is 0 Å². The van der Waals surface area contributed by atoms with Crippen LogP contribution in [0.3, 0.4) is 0 Å². The van der Waals surface area contributed by atoms with Crippen LogP contribution < -0.4 is 0 Å². The molecule has 0 radical (unpaired) electrons. The molecular weight excluding hydrogens is 128 g/mol. The molecule has 0 spiro atoms. The number of rotatable bonds is 2. The van der Waals surface area contributed by atoms with Gasteiger partial charge in [-0.2, -0.15) is 0 Å². The predicted molar refractivity (Wildman–Crippen MR) is 39.8 cm³/mol. The summed E-state index contributed by atoms with van der Waals surface area (Å²) in [5.41, 5.74) is -0.0178. The van der Waals surface area contributed by atoms with E-state index in [2.05, 4.69) is 0 Å². The fraction of sp³-hybridized carbons (Fsp3) is 1.00. The topological polar surface area (TPSA) is 29.5 Å². The second-order valence-corrected chi connectivity index (χ2v) is 3.52. The van der Waals surface area contributed by atoms with E-state index in [9.17, 15) is 5.11 Å². The van der Waals surface area contributed by atoms with Gasteiger partial charge in [-0.3, -0.25) is 0 Å². The molecule has 0 aromatic carbocycles. The van der Waals surface area contributed by atoms with Crippen LogP contribution in [0, 0.1) is 5.41 Å². The van der Waals surface area contributed by atoms with Crippen LogP contribution in [0.25, 0.3) is 0 Å². The molecular formula is C8H16O2. The molecule has 1 N–H and O–H groups in total. The van der Waals surface area contributed by atoms with Gasteiger partial charge in [-0.05, 0) is 6.92 Å². The zero-order chi connectivity index (χ0) is 7.78. The van der Waals surface area contributed by atoms with Gasteiger partial charge in [-0.25, -0.2) is 0 Å². The molecule has 1 aliphatic rings. The first-order valence-corrected chi connectivity index (χ1v) is 3.88. The van der Waals surface area contributed by atoms with E-state index in [4.69, 9.17) is 4.74 Å². The molecule has 1 fully saturated rings. The Balaban J connectivity index is 2.39. The average molecular weight is 144 g/mol. The average Bonchev–Trinajstić information content (AvgIpc) is 1.88. The van der Waals surface area contributed by atoms with E-state index in [-0.39, 0.29) is 17.6 Å². The van der Waals surface area contributed by atoms with Crippen molar-refractivity contribution in [3.63, 3.8) is 0 Å². The van der Waals surface area contributed by atoms with Crippen molar-refractivity contribution in [2.75, 3.05) is 6.61 Å². The normalized spacial score (nSPS) is 37.2. The van der Waals surface area contributed by atoms with Gasteiger partial charge in [0, 0.05) is 18.4 Å². The first kappa shape index (κ1) is 8.02. The number of aliphatic hydroxyl groups is 1. The highest BCUT2D eigenvalue weighted by Crippen LogP contribution is 2.42. The number of hydrogen-bond acceptors (Lipinski definition) is 2. The van der Waals surface area contributed by atoms with Crippen molar-refractivity contribution in [2.24, 2.45) is 5.41 Å². The maximum absolute atomic E-state index is 9.29. The van der Waals surface area contributed by atoms with Crippen molar-refractivity contribution in [3.8, 4) is 0 Å². The molecule has 0 aromatic heterocycles. The molecule has 1 aliphatic carbocycles. The lowest BCUT2D eigenvalue weighted by Gasteiger charge is -2.48. The minimum absolute atomic E-state index is 0.0178. The fourth-order valence-electron chi connectivity index (χ4n) is 1.35. The van der Waals surface area contributed by atoms with Crippen molar-refractivity contribution in [1.82, 2.24) is 0 Å². The van der Waals surface area contributed by atoms with Gasteiger partial charge in [-0.1, -0.05) is 13.8 Å². The smallest absolute Gasteiger partial charge is 0.0675 e. The van der Waals surface area contributed by atoms with Crippen LogP contribution in [-0.2, 0) is 4.74 Å². The van der Waals surface area contributed by atoms with Crippen LogP contribution in [0.4, 0.5) is 0 Å². The molecule has 0 aliphatic heterocycles. The summed E-state index contributed by atoms with van der Waals surface area (Å²) in [5, 5.41) is 9.29. The molecule has 2 unspecified atom stereocenters. The van der Waals surface area contributed by atoms with Gasteiger partial charge in [0.25, 0.3) is 0 Å². The minimum Gasteiger partial charge on any atom is -0.392 e. The maximum Gasteiger partial charge on any atom is 0.0675 e. The highest BCUT2D eigenvalue weighted by Gasteiger charge is 2.47. The zero-order valence-corrected chi connectivity index (χ0v) is 6.92. The summed E-state index contributed by atoms with van der Waals surface area (Å²) < 4.78 is 5.40. The number of ether oxygens (including phenoxy) is 1. The van der Waals surface area contributed by atoms with Crippen LogP contribution in [0.1, 0.15) is 27.2 Å². The summed E-state index contributed by atoms with van der Waals surface area (Å²) in [5.74, 6) is 0. The molecule has 0 saturated heterocycles. The van der Waals surface area contributed by atoms with Crippen molar-refractivity contribution in [3.05, 3.63) is 0 Å². The van der Waals surface area contributed by atoms with Gasteiger partial charge in [0.05, 0.1) is 12.2 Å². The van der Waals surface area contributed by atoms with Gasteiger partial charge in [0.2, 0.25) is 0 Å². The van der Waals surface area contributed by atoms with Crippen molar-refractivity contribution < 1.29 is 9.84 Å². The largest absolute Gasteiger partial charge is 0.392 e. The molecule has 0 amide bonds. The van der Waals surface area contributed by atoms with Crippen molar-refractivity contribution >= 4 is 0 Å². The van der Waals surface area contributed by atoms with E-state index in [1.54, 1.807) is 0 Å². The van der Waals surface area contributed by atoms with Crippen LogP contribution in [0.15, 0.2) is 0 Å². The van der Waals surface area contributed by atoms with Gasteiger partial charge >= 0.3 is 0 Å². The van der Waals surface area contributed by atoms with E-state index in [1.165, 1.54) is 0 Å². The summed E-state index contributed by atoms with van der Waals surface area (Å²) in [6.45, 7) is 6.82. The molecule has 2 atom stereocenters. The number of aliphatic hydroxyl groups excluding tert-OH is 1. The van der Waals surface area contributed by atoms with Crippen molar-refractivity contribution in [1.29, 1.82) is 0 Å². The molecule has 2 heteroatoms. The monoisotopic (exact) mass is 144 g/mol. The highest BCUT2D eigenvalue weighted by atomic mass is 16.5. The molecule has 1 saturated carbocycles. The Labute approximate surface area is 62.2 Å². The fourth-order valence-corrected chi connectivity index (χ4v) is 1.35. The third-order valence-corrected chi connectivity index (χ3v) is 2.49. The highest BCUT2D eigenvalue weighted by molar-refractivity contribution is 4.97. The summed E-state index contributed by atoms with van der Waals surface area (Å²) in [6, 6.07) is 0. The Bertz CT molecular complexity index is 118. The molecule has 0 heterocycles. The van der Waals surface area contributed by atoms with Crippen molar-refractivity contribution in [2.45, 2.75) is 39.4 Å². The minimum atomic E-state index is -0.163. The van der Waals surface area contributed by atoms with Gasteiger partial charge in [0.15, 0.2) is 0 Å². The molecule has 0 aromatic rings. The Morgan fingerprint density at radius 3 is 2.50 bits per heavy atom. The van der Waals surface area contributed by atoms with E-state index >= 15 is 0 Å². The molecule has 1 rings (SSSR count). The van der Waals surface area contributed by atoms with Crippen LogP contribution in [0.5, 0.6) is 0 Å². The van der Waals surface area contributed by atoms with E-state index < -0.39 is 0 Å². The zero-order valence-electron chi connectivity index (χ0n) is 6.92. The first-order chi connectivity index (χ1) is 4.59. The summed E-state index contributed by atoms with van der Waals surface area (Å²) in [6.07, 6.45) is 0.914. The van der Waals surface area contributed by atoms with Crippen LogP contribution >= 0.6 is 0 Å². The quantitative estimate of drug-likeness (QED) is 0.630. The maximum atomic E-state index is 9.29.